The number of carbonyl (C=O) groups is 2. The number of rotatable bonds is 5. The Bertz CT molecular complexity index is 639. The van der Waals surface area contributed by atoms with Gasteiger partial charge in [-0.2, -0.15) is 8.78 Å². The van der Waals surface area contributed by atoms with Crippen LogP contribution in [0, 0.1) is 0 Å². The first kappa shape index (κ1) is 14.0. The number of carboxylic acid groups (broad SMARTS) is 1. The van der Waals surface area contributed by atoms with Gasteiger partial charge in [-0.1, -0.05) is 18.2 Å². The van der Waals surface area contributed by atoms with Crippen LogP contribution in [0.1, 0.15) is 5.56 Å². The molecule has 1 amide bonds. The predicted molar refractivity (Wildman–Crippen MR) is 67.6 cm³/mol. The maximum atomic E-state index is 12.2. The van der Waals surface area contributed by atoms with Crippen molar-refractivity contribution in [2.24, 2.45) is 0 Å². The van der Waals surface area contributed by atoms with E-state index in [2.05, 4.69) is 4.98 Å². The summed E-state index contributed by atoms with van der Waals surface area (Å²) in [5.41, 5.74) is 1.45. The van der Waals surface area contributed by atoms with Crippen molar-refractivity contribution in [3.05, 3.63) is 36.0 Å². The van der Waals surface area contributed by atoms with E-state index in [1.807, 2.05) is 17.4 Å². The zero-order chi connectivity index (χ0) is 14.7. The van der Waals surface area contributed by atoms with Crippen molar-refractivity contribution in [2.75, 3.05) is 0 Å². The fourth-order valence-corrected chi connectivity index (χ4v) is 1.96. The molecular weight excluding hydrogens is 270 g/mol. The molecule has 0 radical (unpaired) electrons. The van der Waals surface area contributed by atoms with Gasteiger partial charge in [0.25, 0.3) is 5.91 Å². The van der Waals surface area contributed by atoms with E-state index in [4.69, 9.17) is 5.11 Å². The van der Waals surface area contributed by atoms with Crippen molar-refractivity contribution < 1.29 is 23.5 Å². The second kappa shape index (κ2) is 5.68. The summed E-state index contributed by atoms with van der Waals surface area (Å²) in [5, 5.41) is 11.6. The summed E-state index contributed by atoms with van der Waals surface area (Å²) in [6.07, 6.45) is -1.70. The molecule has 1 heterocycles. The van der Waals surface area contributed by atoms with E-state index in [1.165, 1.54) is 0 Å². The molecule has 2 aromatic rings. The molecule has 5 nitrogen and oxygen atoms in total. The molecule has 0 saturated carbocycles. The molecule has 1 aromatic heterocycles. The number of amides is 1. The number of hydrogen-bond donors (Lipinski definition) is 3. The monoisotopic (exact) mass is 282 g/mol. The van der Waals surface area contributed by atoms with E-state index in [0.717, 1.165) is 10.9 Å². The lowest BCUT2D eigenvalue weighted by atomic mass is 10.1. The van der Waals surface area contributed by atoms with Crippen LogP contribution in [0.5, 0.6) is 0 Å². The summed E-state index contributed by atoms with van der Waals surface area (Å²) in [7, 11) is 0. The Balaban J connectivity index is 2.20. The molecule has 0 aliphatic heterocycles. The van der Waals surface area contributed by atoms with Crippen molar-refractivity contribution in [3.63, 3.8) is 0 Å². The fourth-order valence-electron chi connectivity index (χ4n) is 1.96. The van der Waals surface area contributed by atoms with Gasteiger partial charge in [0.1, 0.15) is 6.04 Å². The predicted octanol–water partition coefficient (Wildman–Crippen LogP) is 1.54. The molecule has 106 valence electrons. The van der Waals surface area contributed by atoms with Gasteiger partial charge < -0.3 is 15.4 Å². The Kier molecular flexibility index (Phi) is 3.97. The number of hydrogen-bond acceptors (Lipinski definition) is 2. The topological polar surface area (TPSA) is 82.2 Å². The van der Waals surface area contributed by atoms with Gasteiger partial charge in [0.2, 0.25) is 0 Å². The third-order valence-electron chi connectivity index (χ3n) is 2.91. The Morgan fingerprint density at radius 1 is 1.30 bits per heavy atom. The van der Waals surface area contributed by atoms with Gasteiger partial charge in [0.05, 0.1) is 0 Å². The number of nitrogens with one attached hydrogen (secondary N) is 2. The van der Waals surface area contributed by atoms with E-state index in [1.54, 1.807) is 18.3 Å². The summed E-state index contributed by atoms with van der Waals surface area (Å²) in [6, 6.07) is 5.81. The fraction of sp³-hybridized carbons (Fsp3) is 0.231. The quantitative estimate of drug-likeness (QED) is 0.778. The number of carboxylic acids is 1. The highest BCUT2D eigenvalue weighted by Gasteiger charge is 2.25. The normalized spacial score (nSPS) is 12.6. The summed E-state index contributed by atoms with van der Waals surface area (Å²) < 4.78 is 24.3. The Morgan fingerprint density at radius 2 is 2.00 bits per heavy atom. The van der Waals surface area contributed by atoms with Gasteiger partial charge in [-0.05, 0) is 11.6 Å². The van der Waals surface area contributed by atoms with Gasteiger partial charge in [0, 0.05) is 23.5 Å². The molecule has 0 spiro atoms. The number of carbonyl (C=O) groups excluding carboxylic acids is 1. The SMILES string of the molecule is O=C(N[C@@H](Cc1c[nH]c2ccccc12)C(=O)O)C(F)F. The molecule has 7 heteroatoms. The van der Waals surface area contributed by atoms with Crippen LogP contribution in [0.25, 0.3) is 10.9 Å². The van der Waals surface area contributed by atoms with E-state index < -0.39 is 24.3 Å². The Hall–Kier alpha value is -2.44. The van der Waals surface area contributed by atoms with Crippen molar-refractivity contribution in [1.82, 2.24) is 10.3 Å². The first-order valence-corrected chi connectivity index (χ1v) is 5.85. The Morgan fingerprint density at radius 3 is 2.65 bits per heavy atom. The molecule has 0 aliphatic rings. The van der Waals surface area contributed by atoms with Gasteiger partial charge in [-0.15, -0.1) is 0 Å². The molecule has 1 atom stereocenters. The number of halogens is 2. The van der Waals surface area contributed by atoms with Crippen LogP contribution in [0.3, 0.4) is 0 Å². The number of benzene rings is 1. The summed E-state index contributed by atoms with van der Waals surface area (Å²) in [5.74, 6) is -2.94. The second-order valence-corrected chi connectivity index (χ2v) is 4.26. The van der Waals surface area contributed by atoms with Gasteiger partial charge in [-0.25, -0.2) is 4.79 Å². The van der Waals surface area contributed by atoms with Crippen LogP contribution < -0.4 is 5.32 Å². The number of aromatic nitrogens is 1. The molecule has 1 aromatic carbocycles. The molecule has 0 unspecified atom stereocenters. The molecule has 0 bridgehead atoms. The zero-order valence-electron chi connectivity index (χ0n) is 10.3. The second-order valence-electron chi connectivity index (χ2n) is 4.26. The minimum Gasteiger partial charge on any atom is -0.480 e. The third-order valence-corrected chi connectivity index (χ3v) is 2.91. The highest BCUT2D eigenvalue weighted by atomic mass is 19.3. The van der Waals surface area contributed by atoms with Gasteiger partial charge in [0.15, 0.2) is 0 Å². The number of aromatic amines is 1. The number of aliphatic carboxylic acids is 1. The number of para-hydroxylation sites is 1. The maximum absolute atomic E-state index is 12.2. The number of alkyl halides is 2. The first-order valence-electron chi connectivity index (χ1n) is 5.85. The molecule has 0 aliphatic carbocycles. The average Bonchev–Trinajstić information content (AvgIpc) is 2.81. The third kappa shape index (κ3) is 2.93. The highest BCUT2D eigenvalue weighted by molar-refractivity contribution is 5.87. The van der Waals surface area contributed by atoms with Crippen LogP contribution in [-0.4, -0.2) is 34.4 Å². The zero-order valence-corrected chi connectivity index (χ0v) is 10.3. The van der Waals surface area contributed by atoms with E-state index in [9.17, 15) is 18.4 Å². The van der Waals surface area contributed by atoms with Crippen LogP contribution in [0.15, 0.2) is 30.5 Å². The molecule has 0 fully saturated rings. The largest absolute Gasteiger partial charge is 0.480 e. The minimum absolute atomic E-state index is 0.0716. The van der Waals surface area contributed by atoms with E-state index >= 15 is 0 Å². The Labute approximate surface area is 112 Å². The van der Waals surface area contributed by atoms with Crippen LogP contribution in [-0.2, 0) is 16.0 Å². The standard InChI is InChI=1S/C13H12F2N2O3/c14-11(15)12(18)17-10(13(19)20)5-7-6-16-9-4-2-1-3-8(7)9/h1-4,6,10-11,16H,5H2,(H,17,18)(H,19,20)/t10-/m0/s1. The van der Waals surface area contributed by atoms with Crippen LogP contribution in [0.4, 0.5) is 8.78 Å². The number of H-pyrrole nitrogens is 1. The van der Waals surface area contributed by atoms with E-state index in [0.29, 0.717) is 5.56 Å². The summed E-state index contributed by atoms with van der Waals surface area (Å²) in [4.78, 5) is 24.9. The lowest BCUT2D eigenvalue weighted by molar-refractivity contribution is -0.144. The van der Waals surface area contributed by atoms with Crippen molar-refractivity contribution in [3.8, 4) is 0 Å². The lowest BCUT2D eigenvalue weighted by Crippen LogP contribution is -2.44. The van der Waals surface area contributed by atoms with Crippen molar-refractivity contribution >= 4 is 22.8 Å². The highest BCUT2D eigenvalue weighted by Crippen LogP contribution is 2.19. The van der Waals surface area contributed by atoms with Crippen molar-refractivity contribution in [1.29, 1.82) is 0 Å². The molecule has 2 rings (SSSR count). The summed E-state index contributed by atoms with van der Waals surface area (Å²) >= 11 is 0. The molecular formula is C13H12F2N2O3. The summed E-state index contributed by atoms with van der Waals surface area (Å²) in [6.45, 7) is 0. The van der Waals surface area contributed by atoms with Crippen molar-refractivity contribution in [2.45, 2.75) is 18.9 Å². The van der Waals surface area contributed by atoms with Crippen LogP contribution in [0.2, 0.25) is 0 Å². The molecule has 3 N–H and O–H groups in total. The maximum Gasteiger partial charge on any atom is 0.326 e. The van der Waals surface area contributed by atoms with E-state index in [-0.39, 0.29) is 6.42 Å². The number of fused-ring (bicyclic) bond motifs is 1. The first-order chi connectivity index (χ1) is 9.49. The van der Waals surface area contributed by atoms with Gasteiger partial charge in [-0.3, -0.25) is 4.79 Å². The van der Waals surface area contributed by atoms with Gasteiger partial charge >= 0.3 is 12.4 Å². The molecule has 0 saturated heterocycles. The van der Waals surface area contributed by atoms with Crippen LogP contribution >= 0.6 is 0 Å². The smallest absolute Gasteiger partial charge is 0.326 e. The average molecular weight is 282 g/mol. The minimum atomic E-state index is -3.24. The molecule has 20 heavy (non-hydrogen) atoms. The lowest BCUT2D eigenvalue weighted by Gasteiger charge is -2.13.